The van der Waals surface area contributed by atoms with Crippen molar-refractivity contribution < 1.29 is 0 Å². The van der Waals surface area contributed by atoms with Gasteiger partial charge in [0.1, 0.15) is 11.6 Å². The number of nitriles is 1. The van der Waals surface area contributed by atoms with Gasteiger partial charge in [0.15, 0.2) is 0 Å². The summed E-state index contributed by atoms with van der Waals surface area (Å²) in [5.74, 6) is 0. The third kappa shape index (κ3) is 2.44. The van der Waals surface area contributed by atoms with Crippen molar-refractivity contribution in [1.29, 1.82) is 5.26 Å². The maximum Gasteiger partial charge on any atom is 0.267 e. The second kappa shape index (κ2) is 5.42. The van der Waals surface area contributed by atoms with E-state index in [0.29, 0.717) is 10.8 Å². The van der Waals surface area contributed by atoms with Gasteiger partial charge in [0.05, 0.1) is 5.03 Å². The Morgan fingerprint density at radius 3 is 2.47 bits per heavy atom. The van der Waals surface area contributed by atoms with E-state index in [2.05, 4.69) is 11.1 Å². The lowest BCUT2D eigenvalue weighted by Crippen LogP contribution is -2.20. The van der Waals surface area contributed by atoms with Crippen molar-refractivity contribution in [2.45, 2.75) is 61.6 Å². The lowest BCUT2D eigenvalue weighted by atomic mass is 9.90. The zero-order valence-corrected chi connectivity index (χ0v) is 11.8. The molecule has 1 saturated carbocycles. The maximum absolute atomic E-state index is 12.0. The van der Waals surface area contributed by atoms with E-state index < -0.39 is 0 Å². The lowest BCUT2D eigenvalue weighted by molar-refractivity contribution is 0.662. The maximum atomic E-state index is 12.0. The van der Waals surface area contributed by atoms with E-state index >= 15 is 0 Å². The molecule has 2 aliphatic carbocycles. The number of thioether (sulfide) groups is 1. The third-order valence-corrected chi connectivity index (χ3v) is 5.59. The Kier molecular flexibility index (Phi) is 3.65. The van der Waals surface area contributed by atoms with Gasteiger partial charge in [0.25, 0.3) is 5.56 Å². The molecule has 4 heteroatoms. The zero-order valence-electron chi connectivity index (χ0n) is 11.0. The van der Waals surface area contributed by atoms with Gasteiger partial charge < -0.3 is 4.98 Å². The number of hydrogen-bond donors (Lipinski definition) is 1. The van der Waals surface area contributed by atoms with Crippen molar-refractivity contribution >= 4 is 11.8 Å². The van der Waals surface area contributed by atoms with E-state index in [1.54, 1.807) is 0 Å². The van der Waals surface area contributed by atoms with Gasteiger partial charge in [-0.3, -0.25) is 4.79 Å². The van der Waals surface area contributed by atoms with E-state index in [1.807, 2.05) is 11.8 Å². The molecule has 0 radical (unpaired) electrons. The predicted octanol–water partition coefficient (Wildman–Crippen LogP) is 3.16. The molecule has 100 valence electrons. The molecule has 0 atom stereocenters. The smallest absolute Gasteiger partial charge is 0.267 e. The first-order valence-corrected chi connectivity index (χ1v) is 8.02. The van der Waals surface area contributed by atoms with Gasteiger partial charge in [-0.25, -0.2) is 0 Å². The van der Waals surface area contributed by atoms with Gasteiger partial charge in [-0.2, -0.15) is 5.26 Å². The summed E-state index contributed by atoms with van der Waals surface area (Å²) in [6.45, 7) is 0. The fraction of sp³-hybridized carbons (Fsp3) is 0.600. The number of H-pyrrole nitrogens is 1. The highest BCUT2D eigenvalue weighted by molar-refractivity contribution is 7.99. The van der Waals surface area contributed by atoms with Crippen LogP contribution in [0.3, 0.4) is 0 Å². The molecule has 1 aromatic rings. The molecule has 0 bridgehead atoms. The number of nitrogens with zero attached hydrogens (tertiary/aromatic N) is 1. The molecule has 1 N–H and O–H groups in total. The van der Waals surface area contributed by atoms with Crippen LogP contribution in [0.15, 0.2) is 9.82 Å². The number of rotatable bonds is 2. The molecule has 0 saturated heterocycles. The summed E-state index contributed by atoms with van der Waals surface area (Å²) in [6, 6.07) is 2.09. The summed E-state index contributed by atoms with van der Waals surface area (Å²) < 4.78 is 0. The monoisotopic (exact) mass is 274 g/mol. The third-order valence-electron chi connectivity index (χ3n) is 4.20. The van der Waals surface area contributed by atoms with Gasteiger partial charge in [-0.15, -0.1) is 11.8 Å². The number of hydrogen-bond acceptors (Lipinski definition) is 3. The minimum absolute atomic E-state index is 0.191. The van der Waals surface area contributed by atoms with Crippen LogP contribution in [0, 0.1) is 11.3 Å². The average molecular weight is 274 g/mol. The SMILES string of the molecule is N#Cc1c2c(c(SC3CCCC3)[nH]c1=O)CCCC2. The molecule has 1 aromatic heterocycles. The van der Waals surface area contributed by atoms with E-state index in [-0.39, 0.29) is 5.56 Å². The van der Waals surface area contributed by atoms with Crippen molar-refractivity contribution in [2.75, 3.05) is 0 Å². The van der Waals surface area contributed by atoms with Crippen LogP contribution in [-0.4, -0.2) is 10.2 Å². The molecule has 3 rings (SSSR count). The number of aromatic nitrogens is 1. The minimum Gasteiger partial charge on any atom is -0.316 e. The fourth-order valence-corrected chi connectivity index (χ4v) is 4.62. The van der Waals surface area contributed by atoms with Gasteiger partial charge >= 0.3 is 0 Å². The Labute approximate surface area is 117 Å². The predicted molar refractivity (Wildman–Crippen MR) is 76.5 cm³/mol. The van der Waals surface area contributed by atoms with Crippen LogP contribution in [-0.2, 0) is 12.8 Å². The lowest BCUT2D eigenvalue weighted by Gasteiger charge is -2.21. The Morgan fingerprint density at radius 1 is 1.11 bits per heavy atom. The molecule has 1 fully saturated rings. The normalized spacial score (nSPS) is 19.1. The van der Waals surface area contributed by atoms with Crippen LogP contribution in [0.5, 0.6) is 0 Å². The molecule has 0 unspecified atom stereocenters. The van der Waals surface area contributed by atoms with Crippen molar-refractivity contribution in [2.24, 2.45) is 0 Å². The molecule has 19 heavy (non-hydrogen) atoms. The Morgan fingerprint density at radius 2 is 1.79 bits per heavy atom. The van der Waals surface area contributed by atoms with E-state index in [9.17, 15) is 10.1 Å². The van der Waals surface area contributed by atoms with E-state index in [1.165, 1.54) is 37.7 Å². The highest BCUT2D eigenvalue weighted by atomic mass is 32.2. The second-order valence-corrected chi connectivity index (χ2v) is 6.77. The number of aromatic amines is 1. The van der Waals surface area contributed by atoms with Crippen molar-refractivity contribution in [3.63, 3.8) is 0 Å². The Hall–Kier alpha value is -1.21. The van der Waals surface area contributed by atoms with Crippen LogP contribution in [0.4, 0.5) is 0 Å². The molecule has 3 nitrogen and oxygen atoms in total. The van der Waals surface area contributed by atoms with Gasteiger partial charge in [0.2, 0.25) is 0 Å². The van der Waals surface area contributed by atoms with Crippen LogP contribution >= 0.6 is 11.8 Å². The van der Waals surface area contributed by atoms with Crippen LogP contribution < -0.4 is 5.56 Å². The molecule has 0 spiro atoms. The molecule has 1 heterocycles. The van der Waals surface area contributed by atoms with Gasteiger partial charge in [0, 0.05) is 5.25 Å². The first-order valence-electron chi connectivity index (χ1n) is 7.14. The Bertz CT molecular complexity index is 579. The highest BCUT2D eigenvalue weighted by Crippen LogP contribution is 2.37. The molecule has 0 aliphatic heterocycles. The minimum atomic E-state index is -0.191. The molecule has 2 aliphatic rings. The summed E-state index contributed by atoms with van der Waals surface area (Å²) in [4.78, 5) is 15.0. The first kappa shape index (κ1) is 12.8. The average Bonchev–Trinajstić information content (AvgIpc) is 2.92. The topological polar surface area (TPSA) is 56.6 Å². The van der Waals surface area contributed by atoms with Gasteiger partial charge in [-0.1, -0.05) is 12.8 Å². The van der Waals surface area contributed by atoms with Crippen LogP contribution in [0.2, 0.25) is 0 Å². The number of fused-ring (bicyclic) bond motifs is 1. The standard InChI is InChI=1S/C15H18N2OS/c16-9-13-11-7-3-4-8-12(11)15(17-14(13)18)19-10-5-1-2-6-10/h10H,1-8H2,(H,17,18). The molecular weight excluding hydrogens is 256 g/mol. The zero-order chi connectivity index (χ0) is 13.2. The van der Waals surface area contributed by atoms with Crippen LogP contribution in [0.1, 0.15) is 55.2 Å². The van der Waals surface area contributed by atoms with Crippen molar-refractivity contribution in [3.8, 4) is 6.07 Å². The summed E-state index contributed by atoms with van der Waals surface area (Å²) in [6.07, 6.45) is 9.28. The van der Waals surface area contributed by atoms with E-state index in [0.717, 1.165) is 29.9 Å². The van der Waals surface area contributed by atoms with Crippen molar-refractivity contribution in [3.05, 3.63) is 27.0 Å². The molecule has 0 aromatic carbocycles. The summed E-state index contributed by atoms with van der Waals surface area (Å²) in [5.41, 5.74) is 2.44. The quantitative estimate of drug-likeness (QED) is 0.901. The Balaban J connectivity index is 2.02. The van der Waals surface area contributed by atoms with Crippen molar-refractivity contribution in [1.82, 2.24) is 4.98 Å². The molecule has 0 amide bonds. The summed E-state index contributed by atoms with van der Waals surface area (Å²) in [5, 5.41) is 10.9. The first-order chi connectivity index (χ1) is 9.29. The largest absolute Gasteiger partial charge is 0.316 e. The number of pyridine rings is 1. The molecular formula is C15H18N2OS. The second-order valence-electron chi connectivity index (χ2n) is 5.46. The highest BCUT2D eigenvalue weighted by Gasteiger charge is 2.23. The fourth-order valence-electron chi connectivity index (χ4n) is 3.20. The summed E-state index contributed by atoms with van der Waals surface area (Å²) in [7, 11) is 0. The van der Waals surface area contributed by atoms with Gasteiger partial charge in [-0.05, 0) is 49.7 Å². The van der Waals surface area contributed by atoms with E-state index in [4.69, 9.17) is 0 Å². The summed E-state index contributed by atoms with van der Waals surface area (Å²) >= 11 is 1.83. The number of nitrogens with one attached hydrogen (secondary N) is 1. The van der Waals surface area contributed by atoms with Crippen LogP contribution in [0.25, 0.3) is 0 Å².